The molecule has 1 aromatic carbocycles. The third-order valence-electron chi connectivity index (χ3n) is 2.46. The smallest absolute Gasteiger partial charge is 0.251 e. The minimum Gasteiger partial charge on any atom is -0.494 e. The predicted molar refractivity (Wildman–Crippen MR) is 73.1 cm³/mol. The van der Waals surface area contributed by atoms with Crippen LogP contribution in [0.4, 0.5) is 0 Å². The molecule has 3 nitrogen and oxygen atoms in total. The summed E-state index contributed by atoms with van der Waals surface area (Å²) < 4.78 is 5.33. The van der Waals surface area contributed by atoms with E-state index in [1.165, 1.54) is 0 Å². The molecule has 0 unspecified atom stereocenters. The molecule has 4 heteroatoms. The Morgan fingerprint density at radius 3 is 2.67 bits per heavy atom. The number of rotatable bonds is 5. The van der Waals surface area contributed by atoms with E-state index in [9.17, 15) is 4.79 Å². The van der Waals surface area contributed by atoms with Gasteiger partial charge in [0.05, 0.1) is 6.61 Å². The molecule has 2 aromatic rings. The minimum absolute atomic E-state index is 0.0655. The highest BCUT2D eigenvalue weighted by Gasteiger charge is 2.05. The van der Waals surface area contributed by atoms with Crippen LogP contribution in [0.1, 0.15) is 22.8 Å². The number of hydrogen-bond donors (Lipinski definition) is 1. The Kier molecular flexibility index (Phi) is 4.36. The molecule has 0 aliphatic heterocycles. The number of carbonyl (C=O) groups excluding carboxylic acids is 1. The van der Waals surface area contributed by atoms with E-state index in [2.05, 4.69) is 5.32 Å². The van der Waals surface area contributed by atoms with Crippen LogP contribution in [0.15, 0.2) is 41.1 Å². The summed E-state index contributed by atoms with van der Waals surface area (Å²) in [6.07, 6.45) is 0. The van der Waals surface area contributed by atoms with Gasteiger partial charge in [0.1, 0.15) is 5.75 Å². The van der Waals surface area contributed by atoms with Crippen LogP contribution in [0, 0.1) is 0 Å². The van der Waals surface area contributed by atoms with Gasteiger partial charge in [0.15, 0.2) is 0 Å². The summed E-state index contributed by atoms with van der Waals surface area (Å²) in [6, 6.07) is 9.16. The topological polar surface area (TPSA) is 38.3 Å². The molecule has 1 heterocycles. The summed E-state index contributed by atoms with van der Waals surface area (Å²) in [5.74, 6) is 0.719. The van der Waals surface area contributed by atoms with Crippen LogP contribution in [0.2, 0.25) is 0 Å². The first kappa shape index (κ1) is 12.6. The zero-order valence-electron chi connectivity index (χ0n) is 10.2. The fraction of sp³-hybridized carbons (Fsp3) is 0.214. The maximum atomic E-state index is 11.9. The third kappa shape index (κ3) is 3.34. The van der Waals surface area contributed by atoms with E-state index >= 15 is 0 Å². The van der Waals surface area contributed by atoms with Crippen LogP contribution < -0.4 is 10.1 Å². The Morgan fingerprint density at radius 1 is 1.28 bits per heavy atom. The molecule has 2 rings (SSSR count). The van der Waals surface area contributed by atoms with E-state index in [1.54, 1.807) is 23.5 Å². The first-order valence-corrected chi connectivity index (χ1v) is 6.76. The average Bonchev–Trinajstić information content (AvgIpc) is 2.90. The van der Waals surface area contributed by atoms with Gasteiger partial charge in [-0.2, -0.15) is 11.3 Å². The van der Waals surface area contributed by atoms with Gasteiger partial charge in [-0.05, 0) is 53.6 Å². The van der Waals surface area contributed by atoms with E-state index < -0.39 is 0 Å². The van der Waals surface area contributed by atoms with E-state index in [0.717, 1.165) is 11.3 Å². The highest BCUT2D eigenvalue weighted by Crippen LogP contribution is 2.12. The van der Waals surface area contributed by atoms with Crippen molar-refractivity contribution in [2.24, 2.45) is 0 Å². The Hall–Kier alpha value is -1.81. The lowest BCUT2D eigenvalue weighted by Gasteiger charge is -2.06. The maximum Gasteiger partial charge on any atom is 0.251 e. The number of hydrogen-bond acceptors (Lipinski definition) is 3. The second kappa shape index (κ2) is 6.21. The van der Waals surface area contributed by atoms with E-state index in [0.29, 0.717) is 18.7 Å². The molecular formula is C14H15NO2S. The van der Waals surface area contributed by atoms with Gasteiger partial charge in [-0.15, -0.1) is 0 Å². The van der Waals surface area contributed by atoms with Crippen LogP contribution in [0.3, 0.4) is 0 Å². The summed E-state index contributed by atoms with van der Waals surface area (Å²) >= 11 is 1.63. The second-order valence-electron chi connectivity index (χ2n) is 3.77. The molecule has 0 saturated carbocycles. The summed E-state index contributed by atoms with van der Waals surface area (Å²) in [5.41, 5.74) is 1.77. The highest BCUT2D eigenvalue weighted by atomic mass is 32.1. The number of carbonyl (C=O) groups is 1. The second-order valence-corrected chi connectivity index (χ2v) is 4.55. The molecule has 18 heavy (non-hydrogen) atoms. The zero-order valence-corrected chi connectivity index (χ0v) is 11.0. The minimum atomic E-state index is -0.0655. The summed E-state index contributed by atoms with van der Waals surface area (Å²) in [4.78, 5) is 11.9. The Bertz CT molecular complexity index is 491. The monoisotopic (exact) mass is 261 g/mol. The van der Waals surface area contributed by atoms with Crippen molar-refractivity contribution in [3.05, 3.63) is 52.2 Å². The first-order valence-electron chi connectivity index (χ1n) is 5.81. The molecular weight excluding hydrogens is 246 g/mol. The van der Waals surface area contributed by atoms with Crippen LogP contribution >= 0.6 is 11.3 Å². The zero-order chi connectivity index (χ0) is 12.8. The average molecular weight is 261 g/mol. The molecule has 94 valence electrons. The van der Waals surface area contributed by atoms with Gasteiger partial charge < -0.3 is 10.1 Å². The number of thiophene rings is 1. The lowest BCUT2D eigenvalue weighted by atomic mass is 10.2. The molecule has 0 atom stereocenters. The largest absolute Gasteiger partial charge is 0.494 e. The van der Waals surface area contributed by atoms with Gasteiger partial charge in [0, 0.05) is 12.1 Å². The SMILES string of the molecule is CCOc1ccc(C(=O)NCc2ccsc2)cc1. The maximum absolute atomic E-state index is 11.9. The van der Waals surface area contributed by atoms with Crippen molar-refractivity contribution < 1.29 is 9.53 Å². The van der Waals surface area contributed by atoms with Crippen molar-refractivity contribution in [1.29, 1.82) is 0 Å². The van der Waals surface area contributed by atoms with Gasteiger partial charge in [-0.1, -0.05) is 0 Å². The van der Waals surface area contributed by atoms with Crippen molar-refractivity contribution in [3.63, 3.8) is 0 Å². The number of ether oxygens (including phenoxy) is 1. The summed E-state index contributed by atoms with van der Waals surface area (Å²) in [6.45, 7) is 3.13. The molecule has 0 saturated heterocycles. The van der Waals surface area contributed by atoms with Gasteiger partial charge in [-0.25, -0.2) is 0 Å². The van der Waals surface area contributed by atoms with Crippen molar-refractivity contribution in [1.82, 2.24) is 5.32 Å². The van der Waals surface area contributed by atoms with Crippen LogP contribution in [-0.2, 0) is 6.54 Å². The number of benzene rings is 1. The predicted octanol–water partition coefficient (Wildman–Crippen LogP) is 3.08. The lowest BCUT2D eigenvalue weighted by molar-refractivity contribution is 0.0951. The third-order valence-corrected chi connectivity index (χ3v) is 3.19. The Morgan fingerprint density at radius 2 is 2.06 bits per heavy atom. The van der Waals surface area contributed by atoms with E-state index in [1.807, 2.05) is 35.9 Å². The van der Waals surface area contributed by atoms with Crippen LogP contribution in [-0.4, -0.2) is 12.5 Å². The molecule has 1 N–H and O–H groups in total. The van der Waals surface area contributed by atoms with E-state index in [-0.39, 0.29) is 5.91 Å². The van der Waals surface area contributed by atoms with Gasteiger partial charge >= 0.3 is 0 Å². The van der Waals surface area contributed by atoms with Crippen molar-refractivity contribution in [3.8, 4) is 5.75 Å². The van der Waals surface area contributed by atoms with Crippen molar-refractivity contribution >= 4 is 17.2 Å². The number of nitrogens with one attached hydrogen (secondary N) is 1. The molecule has 1 amide bonds. The molecule has 0 radical (unpaired) electrons. The molecule has 0 bridgehead atoms. The molecule has 0 aliphatic carbocycles. The van der Waals surface area contributed by atoms with Crippen LogP contribution in [0.25, 0.3) is 0 Å². The van der Waals surface area contributed by atoms with E-state index in [4.69, 9.17) is 4.74 Å². The normalized spacial score (nSPS) is 10.1. The fourth-order valence-electron chi connectivity index (χ4n) is 1.55. The van der Waals surface area contributed by atoms with Gasteiger partial charge in [0.25, 0.3) is 5.91 Å². The highest BCUT2D eigenvalue weighted by molar-refractivity contribution is 7.07. The van der Waals surface area contributed by atoms with Gasteiger partial charge in [-0.3, -0.25) is 4.79 Å². The molecule has 1 aromatic heterocycles. The van der Waals surface area contributed by atoms with Gasteiger partial charge in [0.2, 0.25) is 0 Å². The first-order chi connectivity index (χ1) is 8.79. The number of amides is 1. The lowest BCUT2D eigenvalue weighted by Crippen LogP contribution is -2.22. The quantitative estimate of drug-likeness (QED) is 0.898. The molecule has 0 aliphatic rings. The van der Waals surface area contributed by atoms with Crippen molar-refractivity contribution in [2.75, 3.05) is 6.61 Å². The Labute approximate surface area is 110 Å². The summed E-state index contributed by atoms with van der Waals surface area (Å²) in [7, 11) is 0. The van der Waals surface area contributed by atoms with Crippen LogP contribution in [0.5, 0.6) is 5.75 Å². The van der Waals surface area contributed by atoms with Crippen molar-refractivity contribution in [2.45, 2.75) is 13.5 Å². The molecule has 0 spiro atoms. The molecule has 0 fully saturated rings. The fourth-order valence-corrected chi connectivity index (χ4v) is 2.22. The summed E-state index contributed by atoms with van der Waals surface area (Å²) in [5, 5.41) is 6.90. The Balaban J connectivity index is 1.92. The standard InChI is InChI=1S/C14H15NO2S/c1-2-17-13-5-3-12(4-6-13)14(16)15-9-11-7-8-18-10-11/h3-8,10H,2,9H2,1H3,(H,15,16).